The van der Waals surface area contributed by atoms with E-state index in [1.54, 1.807) is 12.5 Å². The molecule has 130 valence electrons. The maximum atomic E-state index is 12.0. The fraction of sp³-hybridized carbons (Fsp3) is 0.412. The highest BCUT2D eigenvalue weighted by Gasteiger charge is 2.10. The first kappa shape index (κ1) is 18.2. The van der Waals surface area contributed by atoms with Gasteiger partial charge in [0.25, 0.3) is 5.91 Å². The van der Waals surface area contributed by atoms with E-state index in [0.29, 0.717) is 24.0 Å². The number of carbonyl (C=O) groups excluding carboxylic acids is 1. The summed E-state index contributed by atoms with van der Waals surface area (Å²) >= 11 is 1.39. The smallest absolute Gasteiger partial charge is 0.270 e. The number of rotatable bonds is 9. The zero-order valence-electron chi connectivity index (χ0n) is 14.2. The van der Waals surface area contributed by atoms with Gasteiger partial charge in [-0.15, -0.1) is 11.3 Å². The van der Waals surface area contributed by atoms with E-state index in [2.05, 4.69) is 15.6 Å². The number of nitrogens with zero attached hydrogens (tertiary/aromatic N) is 1. The summed E-state index contributed by atoms with van der Waals surface area (Å²) in [5, 5.41) is 8.43. The van der Waals surface area contributed by atoms with Crippen molar-refractivity contribution >= 4 is 28.1 Å². The molecule has 1 heterocycles. The van der Waals surface area contributed by atoms with Gasteiger partial charge in [-0.25, -0.2) is 4.98 Å². The van der Waals surface area contributed by atoms with Gasteiger partial charge in [-0.3, -0.25) is 4.79 Å². The summed E-state index contributed by atoms with van der Waals surface area (Å²) < 4.78 is 10.6. The van der Waals surface area contributed by atoms with Crippen molar-refractivity contribution in [2.45, 2.75) is 26.4 Å². The minimum atomic E-state index is -0.168. The highest BCUT2D eigenvalue weighted by atomic mass is 32.1. The Morgan fingerprint density at radius 2 is 2.04 bits per heavy atom. The lowest BCUT2D eigenvalue weighted by atomic mass is 10.3. The van der Waals surface area contributed by atoms with Crippen LogP contribution in [0.4, 0.5) is 10.8 Å². The third-order valence-corrected chi connectivity index (χ3v) is 3.89. The number of hydrogen-bond acceptors (Lipinski definition) is 6. The number of ether oxygens (including phenoxy) is 2. The van der Waals surface area contributed by atoms with E-state index in [9.17, 15) is 4.79 Å². The normalized spacial score (nSPS) is 10.7. The van der Waals surface area contributed by atoms with Crippen molar-refractivity contribution in [2.24, 2.45) is 0 Å². The standard InChI is InChI=1S/C17H23N3O3S/c1-12(2)23-10-4-9-18-16(21)15-11-24-17(20-15)19-13-5-7-14(22-3)8-6-13/h5-8,11-12H,4,9-10H2,1-3H3,(H,18,21)(H,19,20). The predicted molar refractivity (Wildman–Crippen MR) is 96.4 cm³/mol. The molecule has 0 aliphatic heterocycles. The number of carbonyl (C=O) groups is 1. The molecule has 0 aliphatic carbocycles. The van der Waals surface area contributed by atoms with Crippen LogP contribution < -0.4 is 15.4 Å². The highest BCUT2D eigenvalue weighted by Crippen LogP contribution is 2.22. The summed E-state index contributed by atoms with van der Waals surface area (Å²) in [6.45, 7) is 5.19. The topological polar surface area (TPSA) is 72.5 Å². The van der Waals surface area contributed by atoms with E-state index in [0.717, 1.165) is 17.9 Å². The molecule has 0 saturated carbocycles. The lowest BCUT2D eigenvalue weighted by Crippen LogP contribution is -2.25. The van der Waals surface area contributed by atoms with Gasteiger partial charge in [0.1, 0.15) is 11.4 Å². The monoisotopic (exact) mass is 349 g/mol. The molecular weight excluding hydrogens is 326 g/mol. The second-order valence-corrected chi connectivity index (χ2v) is 6.28. The Balaban J connectivity index is 1.80. The molecule has 0 bridgehead atoms. The number of thiazole rings is 1. The van der Waals surface area contributed by atoms with E-state index in [4.69, 9.17) is 9.47 Å². The zero-order chi connectivity index (χ0) is 17.4. The van der Waals surface area contributed by atoms with Crippen LogP contribution in [0.5, 0.6) is 5.75 Å². The van der Waals surface area contributed by atoms with Crippen LogP contribution >= 0.6 is 11.3 Å². The molecule has 1 amide bonds. The van der Waals surface area contributed by atoms with Crippen LogP contribution in [0, 0.1) is 0 Å². The molecule has 1 aromatic heterocycles. The minimum Gasteiger partial charge on any atom is -0.497 e. The van der Waals surface area contributed by atoms with E-state index >= 15 is 0 Å². The van der Waals surface area contributed by atoms with Gasteiger partial charge in [-0.2, -0.15) is 0 Å². The second-order valence-electron chi connectivity index (χ2n) is 5.42. The van der Waals surface area contributed by atoms with Gasteiger partial charge in [0, 0.05) is 24.2 Å². The van der Waals surface area contributed by atoms with Gasteiger partial charge < -0.3 is 20.1 Å². The average molecular weight is 349 g/mol. The molecule has 0 fully saturated rings. The first-order chi connectivity index (χ1) is 11.6. The molecule has 6 nitrogen and oxygen atoms in total. The number of methoxy groups -OCH3 is 1. The molecular formula is C17H23N3O3S. The maximum Gasteiger partial charge on any atom is 0.270 e. The van der Waals surface area contributed by atoms with Crippen molar-refractivity contribution in [1.82, 2.24) is 10.3 Å². The van der Waals surface area contributed by atoms with E-state index in [1.165, 1.54) is 11.3 Å². The van der Waals surface area contributed by atoms with Crippen molar-refractivity contribution in [3.8, 4) is 5.75 Å². The highest BCUT2D eigenvalue weighted by molar-refractivity contribution is 7.14. The number of nitrogens with one attached hydrogen (secondary N) is 2. The van der Waals surface area contributed by atoms with Crippen molar-refractivity contribution in [2.75, 3.05) is 25.6 Å². The summed E-state index contributed by atoms with van der Waals surface area (Å²) in [6.07, 6.45) is 0.996. The Hall–Kier alpha value is -2.12. The molecule has 0 atom stereocenters. The van der Waals surface area contributed by atoms with E-state index in [-0.39, 0.29) is 12.0 Å². The van der Waals surface area contributed by atoms with Crippen LogP contribution in [0.2, 0.25) is 0 Å². The Labute approximate surface area is 146 Å². The summed E-state index contributed by atoms with van der Waals surface area (Å²) in [4.78, 5) is 16.3. The molecule has 0 radical (unpaired) electrons. The lowest BCUT2D eigenvalue weighted by molar-refractivity contribution is 0.0756. The first-order valence-corrected chi connectivity index (χ1v) is 8.73. The minimum absolute atomic E-state index is 0.168. The Morgan fingerprint density at radius 1 is 1.29 bits per heavy atom. The molecule has 0 saturated heterocycles. The van der Waals surface area contributed by atoms with Crippen LogP contribution in [0.3, 0.4) is 0 Å². The van der Waals surface area contributed by atoms with Crippen molar-refractivity contribution in [3.05, 3.63) is 35.3 Å². The number of hydrogen-bond donors (Lipinski definition) is 2. The lowest BCUT2D eigenvalue weighted by Gasteiger charge is -2.07. The fourth-order valence-electron chi connectivity index (χ4n) is 1.92. The third-order valence-electron chi connectivity index (χ3n) is 3.14. The van der Waals surface area contributed by atoms with Crippen molar-refractivity contribution in [1.29, 1.82) is 0 Å². The quantitative estimate of drug-likeness (QED) is 0.679. The number of benzene rings is 1. The Morgan fingerprint density at radius 3 is 2.71 bits per heavy atom. The van der Waals surface area contributed by atoms with Crippen LogP contribution in [0.25, 0.3) is 0 Å². The average Bonchev–Trinajstić information content (AvgIpc) is 3.03. The number of anilines is 2. The second kappa shape index (κ2) is 9.24. The molecule has 24 heavy (non-hydrogen) atoms. The van der Waals surface area contributed by atoms with E-state index in [1.807, 2.05) is 38.1 Å². The van der Waals surface area contributed by atoms with Crippen LogP contribution in [-0.2, 0) is 4.74 Å². The molecule has 1 aromatic carbocycles. The summed E-state index contributed by atoms with van der Waals surface area (Å²) in [7, 11) is 1.63. The third kappa shape index (κ3) is 5.82. The van der Waals surface area contributed by atoms with Gasteiger partial charge in [0.15, 0.2) is 5.13 Å². The van der Waals surface area contributed by atoms with Crippen LogP contribution in [0.1, 0.15) is 30.8 Å². The SMILES string of the molecule is COc1ccc(Nc2nc(C(=O)NCCCOC(C)C)cs2)cc1. The molecule has 0 spiro atoms. The zero-order valence-corrected chi connectivity index (χ0v) is 15.0. The summed E-state index contributed by atoms with van der Waals surface area (Å²) in [6, 6.07) is 7.52. The largest absolute Gasteiger partial charge is 0.497 e. The van der Waals surface area contributed by atoms with E-state index < -0.39 is 0 Å². The molecule has 2 N–H and O–H groups in total. The Bertz CT molecular complexity index is 641. The van der Waals surface area contributed by atoms with Gasteiger partial charge in [0.2, 0.25) is 0 Å². The van der Waals surface area contributed by atoms with Crippen LogP contribution in [0.15, 0.2) is 29.6 Å². The van der Waals surface area contributed by atoms with Crippen molar-refractivity contribution in [3.63, 3.8) is 0 Å². The van der Waals surface area contributed by atoms with Gasteiger partial charge in [-0.1, -0.05) is 0 Å². The summed E-state index contributed by atoms with van der Waals surface area (Å²) in [5.41, 5.74) is 1.31. The first-order valence-electron chi connectivity index (χ1n) is 7.85. The van der Waals surface area contributed by atoms with Gasteiger partial charge >= 0.3 is 0 Å². The molecule has 0 aliphatic rings. The molecule has 2 rings (SSSR count). The van der Waals surface area contributed by atoms with Gasteiger partial charge in [0.05, 0.1) is 13.2 Å². The molecule has 0 unspecified atom stereocenters. The Kier molecular flexibility index (Phi) is 7.02. The maximum absolute atomic E-state index is 12.0. The number of amides is 1. The fourth-order valence-corrected chi connectivity index (χ4v) is 2.63. The van der Waals surface area contributed by atoms with Crippen molar-refractivity contribution < 1.29 is 14.3 Å². The number of aromatic nitrogens is 1. The molecule has 7 heteroatoms. The predicted octanol–water partition coefficient (Wildman–Crippen LogP) is 3.44. The van der Waals surface area contributed by atoms with Gasteiger partial charge in [-0.05, 0) is 44.5 Å². The molecule has 2 aromatic rings. The van der Waals surface area contributed by atoms with Crippen LogP contribution in [-0.4, -0.2) is 37.3 Å². The summed E-state index contributed by atoms with van der Waals surface area (Å²) in [5.74, 6) is 0.625.